The average Bonchev–Trinajstić information content (AvgIpc) is 2.35. The lowest BCUT2D eigenvalue weighted by molar-refractivity contribution is -0.170. The molecular formula is C13H14F3NO2. The molecule has 104 valence electrons. The van der Waals surface area contributed by atoms with Crippen LogP contribution in [-0.4, -0.2) is 25.2 Å². The molecular weight excluding hydrogens is 259 g/mol. The summed E-state index contributed by atoms with van der Waals surface area (Å²) in [6, 6.07) is 4.99. The molecule has 0 spiro atoms. The Balaban J connectivity index is 2.42. The highest BCUT2D eigenvalue weighted by molar-refractivity contribution is 5.99. The number of carbonyl (C=O) groups excluding carboxylic acids is 1. The van der Waals surface area contributed by atoms with E-state index in [9.17, 15) is 18.0 Å². The number of alkyl halides is 3. The van der Waals surface area contributed by atoms with Crippen molar-refractivity contribution in [2.45, 2.75) is 25.9 Å². The van der Waals surface area contributed by atoms with Gasteiger partial charge in [0.05, 0.1) is 12.2 Å². The Morgan fingerprint density at radius 3 is 2.63 bits per heavy atom. The normalized spacial score (nSPS) is 15.2. The molecule has 0 saturated heterocycles. The summed E-state index contributed by atoms with van der Waals surface area (Å²) in [5.41, 5.74) is 1.06. The first-order chi connectivity index (χ1) is 8.80. The van der Waals surface area contributed by atoms with Gasteiger partial charge in [0.1, 0.15) is 12.4 Å². The first-order valence-electron chi connectivity index (χ1n) is 5.96. The highest BCUT2D eigenvalue weighted by Gasteiger charge is 2.44. The minimum Gasteiger partial charge on any atom is -0.490 e. The lowest BCUT2D eigenvalue weighted by Gasteiger charge is -2.30. The predicted octanol–water partition coefficient (Wildman–Crippen LogP) is 3.10. The molecule has 0 unspecified atom stereocenters. The number of halogens is 3. The zero-order chi connectivity index (χ0) is 14.2. The van der Waals surface area contributed by atoms with Crippen molar-refractivity contribution >= 4 is 11.6 Å². The number of hydrogen-bond acceptors (Lipinski definition) is 2. The van der Waals surface area contributed by atoms with Crippen LogP contribution in [0.15, 0.2) is 18.2 Å². The van der Waals surface area contributed by atoms with Crippen molar-refractivity contribution in [3.63, 3.8) is 0 Å². The first-order valence-corrected chi connectivity index (χ1v) is 5.96. The van der Waals surface area contributed by atoms with Gasteiger partial charge in [-0.2, -0.15) is 13.2 Å². The summed E-state index contributed by atoms with van der Waals surface area (Å²) in [6.07, 6.45) is -4.87. The summed E-state index contributed by atoms with van der Waals surface area (Å²) in [5, 5.41) is 0. The zero-order valence-electron chi connectivity index (χ0n) is 10.6. The van der Waals surface area contributed by atoms with E-state index in [2.05, 4.69) is 0 Å². The summed E-state index contributed by atoms with van der Waals surface area (Å²) in [4.78, 5) is 12.1. The number of carbonyl (C=O) groups is 1. The third-order valence-corrected chi connectivity index (χ3v) is 3.00. The highest BCUT2D eigenvalue weighted by Crippen LogP contribution is 2.36. The van der Waals surface area contributed by atoms with E-state index in [4.69, 9.17) is 4.74 Å². The standard InChI is InChI=1S/C13H14F3NO2/c1-8(2)9-3-4-11-10(7-9)17(5-6-19-11)12(18)13(14,15)16/h3-4,7-8H,5-6H2,1-2H3. The van der Waals surface area contributed by atoms with Gasteiger partial charge in [-0.05, 0) is 23.6 Å². The van der Waals surface area contributed by atoms with E-state index in [0.717, 1.165) is 10.5 Å². The third-order valence-electron chi connectivity index (χ3n) is 3.00. The summed E-state index contributed by atoms with van der Waals surface area (Å²) in [5.74, 6) is -1.37. The van der Waals surface area contributed by atoms with Gasteiger partial charge in [0.25, 0.3) is 0 Å². The second-order valence-corrected chi connectivity index (χ2v) is 4.68. The lowest BCUT2D eigenvalue weighted by atomic mass is 10.0. The highest BCUT2D eigenvalue weighted by atomic mass is 19.4. The first kappa shape index (κ1) is 13.7. The Kier molecular flexibility index (Phi) is 3.43. The average molecular weight is 273 g/mol. The molecule has 1 aliphatic rings. The molecule has 0 aliphatic carbocycles. The maximum Gasteiger partial charge on any atom is 0.471 e. The smallest absolute Gasteiger partial charge is 0.471 e. The maximum atomic E-state index is 12.6. The lowest BCUT2D eigenvalue weighted by Crippen LogP contribution is -2.45. The Hall–Kier alpha value is -1.72. The fraction of sp³-hybridized carbons (Fsp3) is 0.462. The van der Waals surface area contributed by atoms with Gasteiger partial charge in [-0.1, -0.05) is 19.9 Å². The fourth-order valence-corrected chi connectivity index (χ4v) is 1.96. The van der Waals surface area contributed by atoms with Gasteiger partial charge in [0.15, 0.2) is 0 Å². The van der Waals surface area contributed by atoms with Crippen LogP contribution < -0.4 is 9.64 Å². The van der Waals surface area contributed by atoms with Crippen molar-refractivity contribution in [1.29, 1.82) is 0 Å². The molecule has 2 rings (SSSR count). The van der Waals surface area contributed by atoms with Gasteiger partial charge in [-0.25, -0.2) is 0 Å². The number of benzene rings is 1. The van der Waals surface area contributed by atoms with E-state index in [0.29, 0.717) is 5.75 Å². The van der Waals surface area contributed by atoms with Gasteiger partial charge >= 0.3 is 12.1 Å². The predicted molar refractivity (Wildman–Crippen MR) is 64.4 cm³/mol. The summed E-state index contributed by atoms with van der Waals surface area (Å²) in [6.45, 7) is 3.84. The van der Waals surface area contributed by atoms with Gasteiger partial charge in [0.2, 0.25) is 0 Å². The van der Waals surface area contributed by atoms with E-state index >= 15 is 0 Å². The molecule has 0 atom stereocenters. The van der Waals surface area contributed by atoms with E-state index < -0.39 is 12.1 Å². The largest absolute Gasteiger partial charge is 0.490 e. The SMILES string of the molecule is CC(C)c1ccc2c(c1)N(C(=O)C(F)(F)F)CCO2. The molecule has 6 heteroatoms. The zero-order valence-corrected chi connectivity index (χ0v) is 10.6. The van der Waals surface area contributed by atoms with Crippen molar-refractivity contribution in [3.05, 3.63) is 23.8 Å². The van der Waals surface area contributed by atoms with Crippen LogP contribution in [0.25, 0.3) is 0 Å². The summed E-state index contributed by atoms with van der Waals surface area (Å²) in [7, 11) is 0. The summed E-state index contributed by atoms with van der Waals surface area (Å²) >= 11 is 0. The van der Waals surface area contributed by atoms with Crippen LogP contribution >= 0.6 is 0 Å². The van der Waals surface area contributed by atoms with Crippen molar-refractivity contribution in [1.82, 2.24) is 0 Å². The fourth-order valence-electron chi connectivity index (χ4n) is 1.96. The number of amides is 1. The number of ether oxygens (including phenoxy) is 1. The van der Waals surface area contributed by atoms with E-state index in [1.54, 1.807) is 18.2 Å². The van der Waals surface area contributed by atoms with E-state index in [1.807, 2.05) is 13.8 Å². The molecule has 1 aliphatic heterocycles. The minimum atomic E-state index is -4.87. The van der Waals surface area contributed by atoms with Crippen molar-refractivity contribution in [2.24, 2.45) is 0 Å². The maximum absolute atomic E-state index is 12.6. The topological polar surface area (TPSA) is 29.5 Å². The van der Waals surface area contributed by atoms with Crippen molar-refractivity contribution < 1.29 is 22.7 Å². The van der Waals surface area contributed by atoms with Gasteiger partial charge < -0.3 is 4.74 Å². The molecule has 0 radical (unpaired) electrons. The molecule has 0 saturated carbocycles. The molecule has 0 aromatic heterocycles. The number of rotatable bonds is 1. The Bertz CT molecular complexity index is 497. The molecule has 0 N–H and O–H groups in total. The number of fused-ring (bicyclic) bond motifs is 1. The molecule has 1 aromatic rings. The van der Waals surface area contributed by atoms with E-state index in [1.165, 1.54) is 0 Å². The van der Waals surface area contributed by atoms with Gasteiger partial charge in [-0.15, -0.1) is 0 Å². The minimum absolute atomic E-state index is 0.0653. The second kappa shape index (κ2) is 4.75. The second-order valence-electron chi connectivity index (χ2n) is 4.68. The van der Waals surface area contributed by atoms with Crippen LogP contribution in [0.4, 0.5) is 18.9 Å². The van der Waals surface area contributed by atoms with Crippen LogP contribution in [0.3, 0.4) is 0 Å². The number of anilines is 1. The van der Waals surface area contributed by atoms with Gasteiger partial charge in [0, 0.05) is 0 Å². The van der Waals surface area contributed by atoms with Crippen molar-refractivity contribution in [2.75, 3.05) is 18.1 Å². The Labute approximate surface area is 109 Å². The quantitative estimate of drug-likeness (QED) is 0.787. The Morgan fingerprint density at radius 2 is 2.05 bits per heavy atom. The molecule has 0 bridgehead atoms. The van der Waals surface area contributed by atoms with Crippen molar-refractivity contribution in [3.8, 4) is 5.75 Å². The number of hydrogen-bond donors (Lipinski definition) is 0. The molecule has 1 heterocycles. The molecule has 1 aromatic carbocycles. The molecule has 19 heavy (non-hydrogen) atoms. The molecule has 0 fully saturated rings. The van der Waals surface area contributed by atoms with Crippen LogP contribution in [-0.2, 0) is 4.79 Å². The van der Waals surface area contributed by atoms with E-state index in [-0.39, 0.29) is 24.8 Å². The third kappa shape index (κ3) is 2.67. The molecule has 1 amide bonds. The van der Waals surface area contributed by atoms with Gasteiger partial charge in [-0.3, -0.25) is 9.69 Å². The monoisotopic (exact) mass is 273 g/mol. The molecule has 3 nitrogen and oxygen atoms in total. The summed E-state index contributed by atoms with van der Waals surface area (Å²) < 4.78 is 43.0. The van der Waals surface area contributed by atoms with Crippen LogP contribution in [0.2, 0.25) is 0 Å². The Morgan fingerprint density at radius 1 is 1.37 bits per heavy atom. The van der Waals surface area contributed by atoms with Crippen LogP contribution in [0.5, 0.6) is 5.75 Å². The number of nitrogens with zero attached hydrogens (tertiary/aromatic N) is 1. The van der Waals surface area contributed by atoms with Crippen LogP contribution in [0, 0.1) is 0 Å². The van der Waals surface area contributed by atoms with Crippen LogP contribution in [0.1, 0.15) is 25.3 Å².